The molecule has 0 aromatic heterocycles. The molecular formula is C14H17N. The van der Waals surface area contributed by atoms with Gasteiger partial charge in [-0.05, 0) is 42.9 Å². The molecule has 78 valence electrons. The van der Waals surface area contributed by atoms with Crippen LogP contribution in [-0.2, 0) is 0 Å². The Morgan fingerprint density at radius 3 is 2.47 bits per heavy atom. The van der Waals surface area contributed by atoms with E-state index in [0.29, 0.717) is 0 Å². The quantitative estimate of drug-likeness (QED) is 0.632. The van der Waals surface area contributed by atoms with Gasteiger partial charge in [-0.15, -0.1) is 0 Å². The standard InChI is InChI=1S/C14H17N/c1-2-4-6-12-10-14-13(7-8-15-14)9-11(12)5-3-1/h1-6,13-15H,7-10H2/b2-1?,3-1-,4-2-,5-3?,6-4?,11-5-,12-6-. The van der Waals surface area contributed by atoms with Crippen molar-refractivity contribution in [2.75, 3.05) is 6.54 Å². The highest BCUT2D eigenvalue weighted by atomic mass is 15.0. The van der Waals surface area contributed by atoms with E-state index in [2.05, 4.69) is 41.8 Å². The molecule has 0 spiro atoms. The first-order chi connectivity index (χ1) is 7.43. The maximum Gasteiger partial charge on any atom is 0.0139 e. The number of nitrogens with one attached hydrogen (secondary N) is 1. The fraction of sp³-hybridized carbons (Fsp3) is 0.429. The van der Waals surface area contributed by atoms with E-state index in [9.17, 15) is 0 Å². The summed E-state index contributed by atoms with van der Waals surface area (Å²) in [5, 5.41) is 3.62. The highest BCUT2D eigenvalue weighted by Crippen LogP contribution is 2.37. The van der Waals surface area contributed by atoms with Crippen LogP contribution < -0.4 is 5.32 Å². The molecule has 0 aromatic carbocycles. The van der Waals surface area contributed by atoms with Crippen LogP contribution in [0, 0.1) is 5.92 Å². The molecule has 1 heterocycles. The number of rotatable bonds is 0. The summed E-state index contributed by atoms with van der Waals surface area (Å²) in [7, 11) is 0. The Balaban J connectivity index is 1.90. The molecule has 3 rings (SSSR count). The number of hydrogen-bond acceptors (Lipinski definition) is 1. The highest BCUT2D eigenvalue weighted by Gasteiger charge is 2.32. The van der Waals surface area contributed by atoms with Crippen LogP contribution in [0.2, 0.25) is 0 Å². The Hall–Kier alpha value is -1.08. The van der Waals surface area contributed by atoms with E-state index in [-0.39, 0.29) is 0 Å². The Kier molecular flexibility index (Phi) is 2.34. The molecule has 0 aromatic rings. The van der Waals surface area contributed by atoms with Gasteiger partial charge in [0.05, 0.1) is 0 Å². The molecule has 15 heavy (non-hydrogen) atoms. The molecule has 2 unspecified atom stereocenters. The zero-order valence-corrected chi connectivity index (χ0v) is 8.95. The van der Waals surface area contributed by atoms with Gasteiger partial charge in [0.15, 0.2) is 0 Å². The van der Waals surface area contributed by atoms with Crippen LogP contribution in [0.1, 0.15) is 19.3 Å². The zero-order valence-electron chi connectivity index (χ0n) is 8.95. The second-order valence-electron chi connectivity index (χ2n) is 4.67. The lowest BCUT2D eigenvalue weighted by molar-refractivity contribution is 0.415. The molecule has 2 fully saturated rings. The van der Waals surface area contributed by atoms with Gasteiger partial charge >= 0.3 is 0 Å². The molecule has 2 aliphatic carbocycles. The van der Waals surface area contributed by atoms with E-state index in [1.165, 1.54) is 31.4 Å². The fourth-order valence-electron chi connectivity index (χ4n) is 2.91. The van der Waals surface area contributed by atoms with Crippen molar-refractivity contribution in [1.29, 1.82) is 0 Å². The van der Waals surface area contributed by atoms with Crippen LogP contribution in [0.4, 0.5) is 0 Å². The summed E-state index contributed by atoms with van der Waals surface area (Å²) in [5.41, 5.74) is 3.09. The maximum atomic E-state index is 3.62. The molecule has 0 radical (unpaired) electrons. The third kappa shape index (κ3) is 1.72. The van der Waals surface area contributed by atoms with E-state index in [1.807, 2.05) is 0 Å². The van der Waals surface area contributed by atoms with Crippen molar-refractivity contribution in [3.8, 4) is 0 Å². The minimum Gasteiger partial charge on any atom is -0.313 e. The summed E-state index contributed by atoms with van der Waals surface area (Å²) in [6.07, 6.45) is 17.0. The summed E-state index contributed by atoms with van der Waals surface area (Å²) >= 11 is 0. The van der Waals surface area contributed by atoms with Crippen molar-refractivity contribution in [2.24, 2.45) is 5.92 Å². The smallest absolute Gasteiger partial charge is 0.0139 e. The fourth-order valence-corrected chi connectivity index (χ4v) is 2.91. The number of fused-ring (bicyclic) bond motifs is 2. The zero-order chi connectivity index (χ0) is 10.1. The monoisotopic (exact) mass is 199 g/mol. The molecule has 0 amide bonds. The molecule has 1 N–H and O–H groups in total. The van der Waals surface area contributed by atoms with Crippen molar-refractivity contribution < 1.29 is 0 Å². The van der Waals surface area contributed by atoms with Gasteiger partial charge < -0.3 is 5.32 Å². The van der Waals surface area contributed by atoms with Gasteiger partial charge in [0, 0.05) is 6.04 Å². The number of allylic oxidation sites excluding steroid dienone is 7. The molecule has 1 heteroatoms. The Labute approximate surface area is 91.3 Å². The topological polar surface area (TPSA) is 12.0 Å². The van der Waals surface area contributed by atoms with Crippen LogP contribution in [0.15, 0.2) is 47.6 Å². The van der Waals surface area contributed by atoms with Gasteiger partial charge in [-0.1, -0.05) is 36.5 Å². The van der Waals surface area contributed by atoms with Crippen molar-refractivity contribution in [2.45, 2.75) is 25.3 Å². The van der Waals surface area contributed by atoms with Crippen LogP contribution in [0.5, 0.6) is 0 Å². The van der Waals surface area contributed by atoms with Crippen molar-refractivity contribution in [3.05, 3.63) is 47.6 Å². The minimum absolute atomic E-state index is 0.741. The van der Waals surface area contributed by atoms with Crippen LogP contribution in [0.3, 0.4) is 0 Å². The van der Waals surface area contributed by atoms with Gasteiger partial charge in [0.1, 0.15) is 0 Å². The first-order valence-electron chi connectivity index (χ1n) is 5.90. The predicted octanol–water partition coefficient (Wildman–Crippen LogP) is 2.74. The van der Waals surface area contributed by atoms with E-state index < -0.39 is 0 Å². The lowest BCUT2D eigenvalue weighted by Gasteiger charge is -2.29. The summed E-state index contributed by atoms with van der Waals surface area (Å²) in [5.74, 6) is 0.880. The van der Waals surface area contributed by atoms with Crippen LogP contribution in [-0.4, -0.2) is 12.6 Å². The molecule has 2 atom stereocenters. The third-order valence-corrected chi connectivity index (χ3v) is 3.75. The highest BCUT2D eigenvalue weighted by molar-refractivity contribution is 5.42. The average molecular weight is 199 g/mol. The normalized spacial score (nSPS) is 44.8. The largest absolute Gasteiger partial charge is 0.313 e. The minimum atomic E-state index is 0.741. The lowest BCUT2D eigenvalue weighted by atomic mass is 9.78. The third-order valence-electron chi connectivity index (χ3n) is 3.75. The molecule has 1 saturated heterocycles. The second-order valence-corrected chi connectivity index (χ2v) is 4.67. The molecular weight excluding hydrogens is 182 g/mol. The molecule has 1 saturated carbocycles. The van der Waals surface area contributed by atoms with Crippen molar-refractivity contribution in [3.63, 3.8) is 0 Å². The Morgan fingerprint density at radius 2 is 1.67 bits per heavy atom. The SMILES string of the molecule is C1=C\C=C2\CC3CCNC3C\C2=C\C=C/1. The van der Waals surface area contributed by atoms with Crippen molar-refractivity contribution in [1.82, 2.24) is 5.32 Å². The summed E-state index contributed by atoms with van der Waals surface area (Å²) < 4.78 is 0. The Bertz CT molecular complexity index is 335. The van der Waals surface area contributed by atoms with E-state index >= 15 is 0 Å². The average Bonchev–Trinajstić information content (AvgIpc) is 2.64. The van der Waals surface area contributed by atoms with Gasteiger partial charge in [0.25, 0.3) is 0 Å². The van der Waals surface area contributed by atoms with Gasteiger partial charge in [-0.3, -0.25) is 0 Å². The first-order valence-corrected chi connectivity index (χ1v) is 5.90. The van der Waals surface area contributed by atoms with Gasteiger partial charge in [-0.25, -0.2) is 0 Å². The van der Waals surface area contributed by atoms with Gasteiger partial charge in [-0.2, -0.15) is 0 Å². The van der Waals surface area contributed by atoms with Crippen LogP contribution >= 0.6 is 0 Å². The summed E-state index contributed by atoms with van der Waals surface area (Å²) in [6.45, 7) is 1.21. The summed E-state index contributed by atoms with van der Waals surface area (Å²) in [6, 6.07) is 0.741. The van der Waals surface area contributed by atoms with E-state index in [1.54, 1.807) is 5.57 Å². The molecule has 3 aliphatic rings. The van der Waals surface area contributed by atoms with Crippen LogP contribution in [0.25, 0.3) is 0 Å². The number of hydrogen-bond donors (Lipinski definition) is 1. The maximum absolute atomic E-state index is 3.62. The molecule has 0 bridgehead atoms. The Morgan fingerprint density at radius 1 is 0.933 bits per heavy atom. The molecule has 1 nitrogen and oxygen atoms in total. The van der Waals surface area contributed by atoms with E-state index in [0.717, 1.165) is 12.0 Å². The summed E-state index contributed by atoms with van der Waals surface area (Å²) in [4.78, 5) is 0. The lowest BCUT2D eigenvalue weighted by Crippen LogP contribution is -2.31. The van der Waals surface area contributed by atoms with E-state index in [4.69, 9.17) is 0 Å². The first kappa shape index (κ1) is 9.17. The second kappa shape index (κ2) is 3.82. The van der Waals surface area contributed by atoms with Gasteiger partial charge in [0.2, 0.25) is 0 Å². The molecule has 1 aliphatic heterocycles. The van der Waals surface area contributed by atoms with Crippen molar-refractivity contribution >= 4 is 0 Å². The predicted molar refractivity (Wildman–Crippen MR) is 63.6 cm³/mol.